The van der Waals surface area contributed by atoms with Crippen LogP contribution in [0.5, 0.6) is 0 Å². The number of benzene rings is 2. The fourth-order valence-corrected chi connectivity index (χ4v) is 3.06. The Kier molecular flexibility index (Phi) is 6.99. The second-order valence-corrected chi connectivity index (χ2v) is 7.07. The molecule has 144 valence electrons. The Morgan fingerprint density at radius 1 is 1.00 bits per heavy atom. The molecule has 10 heteroatoms. The molecule has 0 saturated carbocycles. The van der Waals surface area contributed by atoms with Crippen LogP contribution in [0.15, 0.2) is 53.4 Å². The molecular weight excluding hydrogens is 377 g/mol. The van der Waals surface area contributed by atoms with E-state index in [1.54, 1.807) is 0 Å². The van der Waals surface area contributed by atoms with E-state index in [1.807, 2.05) is 0 Å². The second kappa shape index (κ2) is 9.21. The molecule has 0 aromatic heterocycles. The highest BCUT2D eigenvalue weighted by Gasteiger charge is 2.15. The summed E-state index contributed by atoms with van der Waals surface area (Å²) in [6.45, 7) is 0.338. The highest BCUT2D eigenvalue weighted by molar-refractivity contribution is 7.89. The van der Waals surface area contributed by atoms with Crippen molar-refractivity contribution in [3.05, 3.63) is 65.5 Å². The first-order chi connectivity index (χ1) is 12.8. The third-order valence-corrected chi connectivity index (χ3v) is 4.91. The Bertz CT molecular complexity index is 916. The molecule has 0 aliphatic heterocycles. The molecule has 0 aliphatic rings. The molecule has 8 nitrogen and oxygen atoms in total. The fraction of sp³-hybridized carbons (Fsp3) is 0.176. The van der Waals surface area contributed by atoms with Crippen LogP contribution in [0.1, 0.15) is 20.7 Å². The maximum Gasteiger partial charge on any atom is 0.272 e. The van der Waals surface area contributed by atoms with Gasteiger partial charge < -0.3 is 4.74 Å². The van der Waals surface area contributed by atoms with Gasteiger partial charge in [-0.3, -0.25) is 20.4 Å². The number of amides is 2. The smallest absolute Gasteiger partial charge is 0.272 e. The minimum absolute atomic E-state index is 0.0226. The SMILES string of the molecule is COCCNS(=O)(=O)c1ccc(C(=O)NNC(=O)c2ccccc2F)cc1. The number of hydrogen-bond acceptors (Lipinski definition) is 5. The first kappa shape index (κ1) is 20.5. The maximum atomic E-state index is 13.5. The molecule has 0 heterocycles. The van der Waals surface area contributed by atoms with Crippen molar-refractivity contribution in [3.8, 4) is 0 Å². The lowest BCUT2D eigenvalue weighted by atomic mass is 10.2. The van der Waals surface area contributed by atoms with Crippen molar-refractivity contribution in [3.63, 3.8) is 0 Å². The number of hydrazine groups is 1. The van der Waals surface area contributed by atoms with Crippen LogP contribution in [0.25, 0.3) is 0 Å². The van der Waals surface area contributed by atoms with E-state index in [0.29, 0.717) is 0 Å². The Labute approximate surface area is 155 Å². The van der Waals surface area contributed by atoms with E-state index in [2.05, 4.69) is 15.6 Å². The van der Waals surface area contributed by atoms with Crippen LogP contribution < -0.4 is 15.6 Å². The molecule has 0 atom stereocenters. The van der Waals surface area contributed by atoms with E-state index in [1.165, 1.54) is 49.6 Å². The second-order valence-electron chi connectivity index (χ2n) is 5.30. The van der Waals surface area contributed by atoms with E-state index in [0.717, 1.165) is 6.07 Å². The third-order valence-electron chi connectivity index (χ3n) is 3.43. The van der Waals surface area contributed by atoms with Gasteiger partial charge in [0.2, 0.25) is 10.0 Å². The Balaban J connectivity index is 1.97. The standard InChI is InChI=1S/C17H18FN3O5S/c1-26-11-10-19-27(24,25)13-8-6-12(7-9-13)16(22)20-21-17(23)14-4-2-3-5-15(14)18/h2-9,19H,10-11H2,1H3,(H,20,22)(H,21,23). The number of ether oxygens (including phenoxy) is 1. The lowest BCUT2D eigenvalue weighted by molar-refractivity contribution is 0.0844. The van der Waals surface area contributed by atoms with Crippen LogP contribution in [-0.4, -0.2) is 40.5 Å². The lowest BCUT2D eigenvalue weighted by Crippen LogP contribution is -2.41. The van der Waals surface area contributed by atoms with Crippen molar-refractivity contribution < 1.29 is 27.1 Å². The fourth-order valence-electron chi connectivity index (χ4n) is 2.05. The van der Waals surface area contributed by atoms with Gasteiger partial charge in [0, 0.05) is 19.2 Å². The summed E-state index contributed by atoms with van der Waals surface area (Å²) in [5.41, 5.74) is 4.12. The number of sulfonamides is 1. The van der Waals surface area contributed by atoms with E-state index >= 15 is 0 Å². The molecule has 0 unspecified atom stereocenters. The average Bonchev–Trinajstić information content (AvgIpc) is 2.66. The molecule has 0 fully saturated rings. The summed E-state index contributed by atoms with van der Waals surface area (Å²) < 4.78 is 44.7. The van der Waals surface area contributed by atoms with Crippen molar-refractivity contribution in [1.82, 2.24) is 15.6 Å². The van der Waals surface area contributed by atoms with Crippen molar-refractivity contribution in [2.45, 2.75) is 4.90 Å². The van der Waals surface area contributed by atoms with Gasteiger partial charge in [0.25, 0.3) is 11.8 Å². The van der Waals surface area contributed by atoms with Crippen LogP contribution in [0.4, 0.5) is 4.39 Å². The first-order valence-electron chi connectivity index (χ1n) is 7.79. The zero-order valence-corrected chi connectivity index (χ0v) is 15.2. The van der Waals surface area contributed by atoms with Crippen molar-refractivity contribution in [1.29, 1.82) is 0 Å². The minimum Gasteiger partial charge on any atom is -0.383 e. The van der Waals surface area contributed by atoms with Gasteiger partial charge in [-0.15, -0.1) is 0 Å². The quantitative estimate of drug-likeness (QED) is 0.475. The Morgan fingerprint density at radius 2 is 1.63 bits per heavy atom. The number of carbonyl (C=O) groups excluding carboxylic acids is 2. The molecule has 3 N–H and O–H groups in total. The van der Waals surface area contributed by atoms with Gasteiger partial charge in [-0.05, 0) is 36.4 Å². The van der Waals surface area contributed by atoms with Crippen LogP contribution >= 0.6 is 0 Å². The average molecular weight is 395 g/mol. The summed E-state index contributed by atoms with van der Waals surface area (Å²) in [6, 6.07) is 10.4. The lowest BCUT2D eigenvalue weighted by Gasteiger charge is -2.09. The van der Waals surface area contributed by atoms with Gasteiger partial charge in [-0.1, -0.05) is 12.1 Å². The number of halogens is 1. The van der Waals surface area contributed by atoms with E-state index < -0.39 is 27.7 Å². The first-order valence-corrected chi connectivity index (χ1v) is 9.27. The van der Waals surface area contributed by atoms with E-state index in [4.69, 9.17) is 4.74 Å². The van der Waals surface area contributed by atoms with Gasteiger partial charge in [0.05, 0.1) is 17.1 Å². The maximum absolute atomic E-state index is 13.5. The zero-order valence-electron chi connectivity index (χ0n) is 14.4. The molecule has 2 rings (SSSR count). The van der Waals surface area contributed by atoms with Crippen molar-refractivity contribution in [2.75, 3.05) is 20.3 Å². The van der Waals surface area contributed by atoms with Crippen molar-refractivity contribution in [2.24, 2.45) is 0 Å². The number of methoxy groups -OCH3 is 1. The largest absolute Gasteiger partial charge is 0.383 e. The number of rotatable bonds is 7. The monoisotopic (exact) mass is 395 g/mol. The summed E-state index contributed by atoms with van der Waals surface area (Å²) in [7, 11) is -2.26. The van der Waals surface area contributed by atoms with Gasteiger partial charge in [0.1, 0.15) is 5.82 Å². The molecule has 0 aliphatic carbocycles. The number of carbonyl (C=O) groups is 2. The summed E-state index contributed by atoms with van der Waals surface area (Å²) in [5, 5.41) is 0. The summed E-state index contributed by atoms with van der Waals surface area (Å²) >= 11 is 0. The van der Waals surface area contributed by atoms with Crippen LogP contribution in [0.3, 0.4) is 0 Å². The van der Waals surface area contributed by atoms with Crippen LogP contribution in [-0.2, 0) is 14.8 Å². The van der Waals surface area contributed by atoms with Gasteiger partial charge >= 0.3 is 0 Å². The Hall–Kier alpha value is -2.82. The van der Waals surface area contributed by atoms with Crippen LogP contribution in [0.2, 0.25) is 0 Å². The van der Waals surface area contributed by atoms with Crippen molar-refractivity contribution >= 4 is 21.8 Å². The molecule has 0 radical (unpaired) electrons. The van der Waals surface area contributed by atoms with Gasteiger partial charge in [0.15, 0.2) is 0 Å². The number of nitrogens with one attached hydrogen (secondary N) is 3. The molecule has 0 saturated heterocycles. The summed E-state index contributed by atoms with van der Waals surface area (Å²) in [5.74, 6) is -2.22. The van der Waals surface area contributed by atoms with E-state index in [9.17, 15) is 22.4 Å². The summed E-state index contributed by atoms with van der Waals surface area (Å²) in [6.07, 6.45) is 0. The molecule has 0 spiro atoms. The third kappa shape index (κ3) is 5.58. The molecule has 27 heavy (non-hydrogen) atoms. The molecular formula is C17H18FN3O5S. The highest BCUT2D eigenvalue weighted by atomic mass is 32.2. The van der Waals surface area contributed by atoms with Gasteiger partial charge in [-0.25, -0.2) is 17.5 Å². The molecule has 2 aromatic rings. The Morgan fingerprint density at radius 3 is 2.26 bits per heavy atom. The zero-order chi connectivity index (χ0) is 19.9. The highest BCUT2D eigenvalue weighted by Crippen LogP contribution is 2.10. The van der Waals surface area contributed by atoms with Gasteiger partial charge in [-0.2, -0.15) is 0 Å². The molecule has 0 bridgehead atoms. The summed E-state index contributed by atoms with van der Waals surface area (Å²) in [4.78, 5) is 23.9. The normalized spacial score (nSPS) is 11.0. The van der Waals surface area contributed by atoms with E-state index in [-0.39, 0.29) is 29.2 Å². The molecule has 2 amide bonds. The topological polar surface area (TPSA) is 114 Å². The predicted octanol–water partition coefficient (Wildman–Crippen LogP) is 0.825. The number of hydrogen-bond donors (Lipinski definition) is 3. The minimum atomic E-state index is -3.71. The van der Waals surface area contributed by atoms with Crippen LogP contribution in [0, 0.1) is 5.82 Å². The molecule has 2 aromatic carbocycles. The predicted molar refractivity (Wildman–Crippen MR) is 94.8 cm³/mol.